The van der Waals surface area contributed by atoms with Gasteiger partial charge in [0, 0.05) is 22.3 Å². The fourth-order valence-corrected chi connectivity index (χ4v) is 3.36. The van der Waals surface area contributed by atoms with Crippen molar-refractivity contribution in [2.75, 3.05) is 18.1 Å². The van der Waals surface area contributed by atoms with Crippen molar-refractivity contribution >= 4 is 17.4 Å². The summed E-state index contributed by atoms with van der Waals surface area (Å²) in [6.07, 6.45) is 0. The smallest absolute Gasteiger partial charge is 0.119 e. The zero-order valence-electron chi connectivity index (χ0n) is 10.0. The summed E-state index contributed by atoms with van der Waals surface area (Å²) in [5.41, 5.74) is 7.83. The van der Waals surface area contributed by atoms with Gasteiger partial charge in [-0.05, 0) is 35.9 Å². The molecule has 1 aliphatic rings. The van der Waals surface area contributed by atoms with Crippen LogP contribution in [-0.4, -0.2) is 12.4 Å². The summed E-state index contributed by atoms with van der Waals surface area (Å²) in [7, 11) is 0. The van der Waals surface area contributed by atoms with Gasteiger partial charge in [-0.1, -0.05) is 18.2 Å². The van der Waals surface area contributed by atoms with E-state index in [1.807, 2.05) is 36.0 Å². The van der Waals surface area contributed by atoms with E-state index in [-0.39, 0.29) is 0 Å². The zero-order chi connectivity index (χ0) is 12.4. The lowest BCUT2D eigenvalue weighted by molar-refractivity contribution is 0.298. The van der Waals surface area contributed by atoms with Gasteiger partial charge in [-0.15, -0.1) is 11.8 Å². The van der Waals surface area contributed by atoms with E-state index in [4.69, 9.17) is 10.5 Å². The van der Waals surface area contributed by atoms with E-state index in [2.05, 4.69) is 24.3 Å². The van der Waals surface area contributed by atoms with Gasteiger partial charge in [0.05, 0.1) is 6.61 Å². The largest absolute Gasteiger partial charge is 0.493 e. The van der Waals surface area contributed by atoms with E-state index in [0.717, 1.165) is 23.8 Å². The van der Waals surface area contributed by atoms with E-state index in [9.17, 15) is 0 Å². The molecular weight excluding hydrogens is 242 g/mol. The van der Waals surface area contributed by atoms with Crippen LogP contribution in [0.3, 0.4) is 0 Å². The summed E-state index contributed by atoms with van der Waals surface area (Å²) in [6, 6.07) is 16.2. The van der Waals surface area contributed by atoms with Crippen LogP contribution in [0.5, 0.6) is 5.75 Å². The molecule has 0 radical (unpaired) electrons. The number of thioether (sulfide) groups is 1. The Bertz CT molecular complexity index is 538. The average molecular weight is 257 g/mol. The first-order chi connectivity index (χ1) is 8.83. The van der Waals surface area contributed by atoms with Gasteiger partial charge in [0.15, 0.2) is 0 Å². The van der Waals surface area contributed by atoms with Crippen LogP contribution in [0, 0.1) is 0 Å². The number of hydrogen-bond donors (Lipinski definition) is 1. The Morgan fingerprint density at radius 1 is 1.11 bits per heavy atom. The number of fused-ring (bicyclic) bond motifs is 1. The standard InChI is InChI=1S/C15H15NOS/c16-12-5-7-13(8-6-12)17-9-11-10-18-15-4-2-1-3-14(11)15/h1-8,11H,9-10,16H2. The van der Waals surface area contributed by atoms with Crippen LogP contribution in [0.1, 0.15) is 11.5 Å². The van der Waals surface area contributed by atoms with Gasteiger partial charge in [0.2, 0.25) is 0 Å². The van der Waals surface area contributed by atoms with Gasteiger partial charge in [0.1, 0.15) is 5.75 Å². The predicted molar refractivity (Wildman–Crippen MR) is 76.3 cm³/mol. The minimum Gasteiger partial charge on any atom is -0.493 e. The first-order valence-electron chi connectivity index (χ1n) is 6.03. The first-order valence-corrected chi connectivity index (χ1v) is 7.01. The molecule has 2 aromatic carbocycles. The van der Waals surface area contributed by atoms with Crippen molar-refractivity contribution in [3.63, 3.8) is 0 Å². The molecule has 0 aromatic heterocycles. The lowest BCUT2D eigenvalue weighted by atomic mass is 10.0. The number of nitrogen functional groups attached to an aromatic ring is 1. The van der Waals surface area contributed by atoms with Crippen LogP contribution in [-0.2, 0) is 0 Å². The van der Waals surface area contributed by atoms with E-state index >= 15 is 0 Å². The molecule has 0 saturated carbocycles. The van der Waals surface area contributed by atoms with Crippen LogP contribution in [0.15, 0.2) is 53.4 Å². The normalized spacial score (nSPS) is 17.4. The Morgan fingerprint density at radius 3 is 2.72 bits per heavy atom. The number of benzene rings is 2. The fourth-order valence-electron chi connectivity index (χ4n) is 2.13. The first kappa shape index (κ1) is 11.5. The SMILES string of the molecule is Nc1ccc(OCC2CSc3ccccc32)cc1. The van der Waals surface area contributed by atoms with E-state index in [1.165, 1.54) is 10.5 Å². The van der Waals surface area contributed by atoms with Crippen molar-refractivity contribution in [2.45, 2.75) is 10.8 Å². The lowest BCUT2D eigenvalue weighted by Crippen LogP contribution is -2.09. The average Bonchev–Trinajstić information content (AvgIpc) is 2.82. The molecule has 0 bridgehead atoms. The van der Waals surface area contributed by atoms with E-state index < -0.39 is 0 Å². The highest BCUT2D eigenvalue weighted by atomic mass is 32.2. The number of rotatable bonds is 3. The Labute approximate surface area is 111 Å². The van der Waals surface area contributed by atoms with Crippen LogP contribution in [0.25, 0.3) is 0 Å². The monoisotopic (exact) mass is 257 g/mol. The van der Waals surface area contributed by atoms with Crippen molar-refractivity contribution in [1.29, 1.82) is 0 Å². The molecule has 0 fully saturated rings. The highest BCUT2D eigenvalue weighted by Gasteiger charge is 2.22. The molecule has 1 heterocycles. The number of hydrogen-bond acceptors (Lipinski definition) is 3. The molecule has 0 aliphatic carbocycles. The van der Waals surface area contributed by atoms with Gasteiger partial charge >= 0.3 is 0 Å². The molecule has 18 heavy (non-hydrogen) atoms. The van der Waals surface area contributed by atoms with Crippen LogP contribution < -0.4 is 10.5 Å². The quantitative estimate of drug-likeness (QED) is 0.854. The van der Waals surface area contributed by atoms with Crippen LogP contribution >= 0.6 is 11.8 Å². The molecule has 1 atom stereocenters. The highest BCUT2D eigenvalue weighted by molar-refractivity contribution is 7.99. The molecule has 3 heteroatoms. The summed E-state index contributed by atoms with van der Waals surface area (Å²) < 4.78 is 5.83. The molecule has 0 spiro atoms. The van der Waals surface area contributed by atoms with Crippen molar-refractivity contribution in [3.05, 3.63) is 54.1 Å². The molecule has 2 N–H and O–H groups in total. The summed E-state index contributed by atoms with van der Waals surface area (Å²) >= 11 is 1.91. The fraction of sp³-hybridized carbons (Fsp3) is 0.200. The summed E-state index contributed by atoms with van der Waals surface area (Å²) in [5, 5.41) is 0. The third-order valence-corrected chi connectivity index (χ3v) is 4.38. The second-order valence-electron chi connectivity index (χ2n) is 4.43. The minimum atomic E-state index is 0.490. The third-order valence-electron chi connectivity index (χ3n) is 3.13. The summed E-state index contributed by atoms with van der Waals surface area (Å²) in [5.74, 6) is 2.48. The van der Waals surface area contributed by atoms with Crippen LogP contribution in [0.4, 0.5) is 5.69 Å². The molecule has 2 aromatic rings. The molecule has 1 aliphatic heterocycles. The predicted octanol–water partition coefficient (Wildman–Crippen LogP) is 3.54. The lowest BCUT2D eigenvalue weighted by Gasteiger charge is -2.12. The van der Waals surface area contributed by atoms with Crippen molar-refractivity contribution in [2.24, 2.45) is 0 Å². The third kappa shape index (κ3) is 2.31. The Hall–Kier alpha value is -1.61. The second-order valence-corrected chi connectivity index (χ2v) is 5.49. The second kappa shape index (κ2) is 4.94. The van der Waals surface area contributed by atoms with Crippen molar-refractivity contribution in [3.8, 4) is 5.75 Å². The topological polar surface area (TPSA) is 35.2 Å². The van der Waals surface area contributed by atoms with Gasteiger partial charge in [0.25, 0.3) is 0 Å². The van der Waals surface area contributed by atoms with Gasteiger partial charge in [-0.3, -0.25) is 0 Å². The van der Waals surface area contributed by atoms with Crippen molar-refractivity contribution < 1.29 is 4.74 Å². The molecule has 92 valence electrons. The zero-order valence-corrected chi connectivity index (χ0v) is 10.8. The van der Waals surface area contributed by atoms with Gasteiger partial charge < -0.3 is 10.5 Å². The Balaban J connectivity index is 1.67. The maximum Gasteiger partial charge on any atom is 0.119 e. The van der Waals surface area contributed by atoms with E-state index in [1.54, 1.807) is 0 Å². The molecular formula is C15H15NOS. The number of anilines is 1. The maximum absolute atomic E-state index is 5.83. The van der Waals surface area contributed by atoms with Gasteiger partial charge in [-0.2, -0.15) is 0 Å². The Kier molecular flexibility index (Phi) is 3.15. The van der Waals surface area contributed by atoms with Gasteiger partial charge in [-0.25, -0.2) is 0 Å². The molecule has 1 unspecified atom stereocenters. The maximum atomic E-state index is 5.83. The highest BCUT2D eigenvalue weighted by Crippen LogP contribution is 2.39. The molecule has 0 saturated heterocycles. The summed E-state index contributed by atoms with van der Waals surface area (Å²) in [4.78, 5) is 1.39. The molecule has 3 rings (SSSR count). The number of ether oxygens (including phenoxy) is 1. The Morgan fingerprint density at radius 2 is 1.89 bits per heavy atom. The summed E-state index contributed by atoms with van der Waals surface area (Å²) in [6.45, 7) is 0.730. The molecule has 0 amide bonds. The molecule has 2 nitrogen and oxygen atoms in total. The minimum absolute atomic E-state index is 0.490. The number of nitrogens with two attached hydrogens (primary N) is 1. The van der Waals surface area contributed by atoms with Crippen molar-refractivity contribution in [1.82, 2.24) is 0 Å². The van der Waals surface area contributed by atoms with Crippen LogP contribution in [0.2, 0.25) is 0 Å². The van der Waals surface area contributed by atoms with E-state index in [0.29, 0.717) is 5.92 Å².